The van der Waals surface area contributed by atoms with Crippen molar-refractivity contribution in [2.24, 2.45) is 5.16 Å². The van der Waals surface area contributed by atoms with Crippen molar-refractivity contribution in [1.82, 2.24) is 0 Å². The van der Waals surface area contributed by atoms with Gasteiger partial charge >= 0.3 is 0 Å². The van der Waals surface area contributed by atoms with E-state index < -0.39 is 0 Å². The number of hydrogen-bond acceptors (Lipinski definition) is 4. The van der Waals surface area contributed by atoms with Crippen LogP contribution in [0.5, 0.6) is 17.2 Å². The van der Waals surface area contributed by atoms with Gasteiger partial charge in [0.2, 0.25) is 0 Å². The minimum atomic E-state index is 0.101. The Hall–Kier alpha value is -2.49. The van der Waals surface area contributed by atoms with Gasteiger partial charge in [-0.3, -0.25) is 0 Å². The molecule has 2 aromatic carbocycles. The summed E-state index contributed by atoms with van der Waals surface area (Å²) in [6.45, 7) is 3.90. The smallest absolute Gasteiger partial charge is 0.157 e. The fraction of sp³-hybridized carbons (Fsp3) is 0.188. The number of methoxy groups -OCH3 is 1. The van der Waals surface area contributed by atoms with Crippen molar-refractivity contribution in [2.45, 2.75) is 13.8 Å². The summed E-state index contributed by atoms with van der Waals surface area (Å²) in [6, 6.07) is 10.9. The maximum atomic E-state index is 9.85. The predicted octanol–water partition coefficient (Wildman–Crippen LogP) is 3.43. The van der Waals surface area contributed by atoms with Crippen LogP contribution in [0.3, 0.4) is 0 Å². The topological polar surface area (TPSA) is 51.0 Å². The molecule has 0 aliphatic rings. The van der Waals surface area contributed by atoms with Gasteiger partial charge < -0.3 is 14.7 Å². The summed E-state index contributed by atoms with van der Waals surface area (Å²) in [5.74, 6) is 1.39. The van der Waals surface area contributed by atoms with Crippen LogP contribution in [0.2, 0.25) is 0 Å². The largest absolute Gasteiger partial charge is 0.507 e. The summed E-state index contributed by atoms with van der Waals surface area (Å²) in [7, 11) is 1.57. The lowest BCUT2D eigenvalue weighted by Crippen LogP contribution is -1.92. The molecule has 2 rings (SSSR count). The lowest BCUT2D eigenvalue weighted by atomic mass is 10.1. The number of ether oxygens (including phenoxy) is 1. The molecule has 0 fully saturated rings. The Kier molecular flexibility index (Phi) is 4.25. The monoisotopic (exact) mass is 271 g/mol. The SMILES string of the molecule is COc1cc(O)c(/C=N/Oc2ccc(C)cc2)cc1C. The molecular weight excluding hydrogens is 254 g/mol. The summed E-state index contributed by atoms with van der Waals surface area (Å²) >= 11 is 0. The Labute approximate surface area is 118 Å². The van der Waals surface area contributed by atoms with Gasteiger partial charge in [-0.05, 0) is 37.6 Å². The molecule has 1 N–H and O–H groups in total. The molecule has 0 spiro atoms. The minimum absolute atomic E-state index is 0.101. The van der Waals surface area contributed by atoms with E-state index >= 15 is 0 Å². The van der Waals surface area contributed by atoms with Crippen LogP contribution in [0.1, 0.15) is 16.7 Å². The van der Waals surface area contributed by atoms with Crippen LogP contribution in [0.15, 0.2) is 41.6 Å². The molecule has 0 aliphatic carbocycles. The zero-order valence-electron chi connectivity index (χ0n) is 11.8. The van der Waals surface area contributed by atoms with Crippen LogP contribution in [0, 0.1) is 13.8 Å². The molecule has 104 valence electrons. The van der Waals surface area contributed by atoms with E-state index in [2.05, 4.69) is 5.16 Å². The number of phenolic OH excluding ortho intramolecular Hbond substituents is 1. The summed E-state index contributed by atoms with van der Waals surface area (Å²) in [4.78, 5) is 5.24. The normalized spacial score (nSPS) is 10.8. The van der Waals surface area contributed by atoms with E-state index in [0.717, 1.165) is 11.1 Å². The number of aryl methyl sites for hydroxylation is 2. The molecule has 0 saturated heterocycles. The average molecular weight is 271 g/mol. The zero-order valence-corrected chi connectivity index (χ0v) is 11.8. The van der Waals surface area contributed by atoms with Gasteiger partial charge in [-0.15, -0.1) is 0 Å². The van der Waals surface area contributed by atoms with Crippen LogP contribution in [0.25, 0.3) is 0 Å². The number of nitrogens with zero attached hydrogens (tertiary/aromatic N) is 1. The maximum Gasteiger partial charge on any atom is 0.157 e. The average Bonchev–Trinajstić information content (AvgIpc) is 2.44. The fourth-order valence-corrected chi connectivity index (χ4v) is 1.77. The van der Waals surface area contributed by atoms with Gasteiger partial charge in [-0.1, -0.05) is 22.9 Å². The molecule has 2 aromatic rings. The Morgan fingerprint density at radius 1 is 1.10 bits per heavy atom. The molecule has 0 bridgehead atoms. The third kappa shape index (κ3) is 3.29. The standard InChI is InChI=1S/C16H17NO3/c1-11-4-6-14(7-5-11)20-17-10-13-8-12(2)16(19-3)9-15(13)18/h4-10,18H,1-3H3/b17-10+. The first-order chi connectivity index (χ1) is 9.60. The van der Waals surface area contributed by atoms with Gasteiger partial charge in [0.15, 0.2) is 5.75 Å². The second-order valence-electron chi connectivity index (χ2n) is 4.52. The summed E-state index contributed by atoms with van der Waals surface area (Å²) in [5, 5.41) is 13.7. The Morgan fingerprint density at radius 2 is 1.80 bits per heavy atom. The quantitative estimate of drug-likeness (QED) is 0.684. The third-order valence-electron chi connectivity index (χ3n) is 2.92. The Balaban J connectivity index is 2.11. The number of rotatable bonds is 4. The summed E-state index contributed by atoms with van der Waals surface area (Å²) in [5.41, 5.74) is 2.65. The highest BCUT2D eigenvalue weighted by molar-refractivity contribution is 5.84. The van der Waals surface area contributed by atoms with Crippen LogP contribution in [0.4, 0.5) is 0 Å². The molecule has 0 aromatic heterocycles. The number of benzene rings is 2. The Morgan fingerprint density at radius 3 is 2.45 bits per heavy atom. The van der Waals surface area contributed by atoms with Crippen LogP contribution >= 0.6 is 0 Å². The van der Waals surface area contributed by atoms with Crippen LogP contribution in [-0.4, -0.2) is 18.4 Å². The van der Waals surface area contributed by atoms with E-state index in [-0.39, 0.29) is 5.75 Å². The zero-order chi connectivity index (χ0) is 14.5. The van der Waals surface area contributed by atoms with Gasteiger partial charge in [0.1, 0.15) is 11.5 Å². The first-order valence-corrected chi connectivity index (χ1v) is 6.25. The molecule has 4 nitrogen and oxygen atoms in total. The third-order valence-corrected chi connectivity index (χ3v) is 2.92. The van der Waals surface area contributed by atoms with E-state index in [1.54, 1.807) is 19.2 Å². The highest BCUT2D eigenvalue weighted by atomic mass is 16.6. The molecule has 0 radical (unpaired) electrons. The highest BCUT2D eigenvalue weighted by Gasteiger charge is 2.05. The van der Waals surface area contributed by atoms with Crippen LogP contribution < -0.4 is 9.57 Å². The molecule has 4 heteroatoms. The van der Waals surface area contributed by atoms with Crippen LogP contribution in [-0.2, 0) is 0 Å². The van der Waals surface area contributed by atoms with E-state index in [1.807, 2.05) is 38.1 Å². The van der Waals surface area contributed by atoms with E-state index in [1.165, 1.54) is 6.21 Å². The fourth-order valence-electron chi connectivity index (χ4n) is 1.77. The predicted molar refractivity (Wildman–Crippen MR) is 78.8 cm³/mol. The number of hydrogen-bond donors (Lipinski definition) is 1. The first-order valence-electron chi connectivity index (χ1n) is 6.25. The van der Waals surface area contributed by atoms with Gasteiger partial charge in [0.05, 0.1) is 13.3 Å². The van der Waals surface area contributed by atoms with Gasteiger partial charge in [-0.2, -0.15) is 0 Å². The molecule has 0 unspecified atom stereocenters. The number of aromatic hydroxyl groups is 1. The van der Waals surface area contributed by atoms with Crippen molar-refractivity contribution < 1.29 is 14.7 Å². The van der Waals surface area contributed by atoms with E-state index in [4.69, 9.17) is 9.57 Å². The van der Waals surface area contributed by atoms with Crippen molar-refractivity contribution in [3.05, 3.63) is 53.1 Å². The van der Waals surface area contributed by atoms with Gasteiger partial charge in [-0.25, -0.2) is 0 Å². The molecule has 0 saturated carbocycles. The van der Waals surface area contributed by atoms with Gasteiger partial charge in [0.25, 0.3) is 0 Å². The number of oxime groups is 1. The lowest BCUT2D eigenvalue weighted by Gasteiger charge is -2.07. The molecule has 0 heterocycles. The van der Waals surface area contributed by atoms with Gasteiger partial charge in [0, 0.05) is 11.6 Å². The maximum absolute atomic E-state index is 9.85. The molecular formula is C16H17NO3. The van der Waals surface area contributed by atoms with Crippen molar-refractivity contribution in [2.75, 3.05) is 7.11 Å². The minimum Gasteiger partial charge on any atom is -0.507 e. The highest BCUT2D eigenvalue weighted by Crippen LogP contribution is 2.26. The van der Waals surface area contributed by atoms with E-state index in [9.17, 15) is 5.11 Å². The molecule has 0 aliphatic heterocycles. The molecule has 0 atom stereocenters. The Bertz CT molecular complexity index is 618. The second kappa shape index (κ2) is 6.10. The van der Waals surface area contributed by atoms with Crippen molar-refractivity contribution in [3.63, 3.8) is 0 Å². The van der Waals surface area contributed by atoms with Crippen molar-refractivity contribution >= 4 is 6.21 Å². The summed E-state index contributed by atoms with van der Waals surface area (Å²) in [6.07, 6.45) is 1.47. The number of phenols is 1. The second-order valence-corrected chi connectivity index (χ2v) is 4.52. The first kappa shape index (κ1) is 13.9. The van der Waals surface area contributed by atoms with Crippen molar-refractivity contribution in [1.29, 1.82) is 0 Å². The molecule has 20 heavy (non-hydrogen) atoms. The summed E-state index contributed by atoms with van der Waals surface area (Å²) < 4.78 is 5.13. The van der Waals surface area contributed by atoms with E-state index in [0.29, 0.717) is 17.1 Å². The lowest BCUT2D eigenvalue weighted by molar-refractivity contribution is 0.343. The van der Waals surface area contributed by atoms with Crippen molar-refractivity contribution in [3.8, 4) is 17.2 Å². The molecule has 0 amide bonds.